The number of nitrogens with zero attached hydrogens (tertiary/aromatic N) is 3. The Morgan fingerprint density at radius 2 is 2.04 bits per heavy atom. The SMILES string of the molecule is C=Cc1cnc(C)c(C(=O)c2cc(C(F)(F)F)cc(N3CCCNCC3)n2)c1. The van der Waals surface area contributed by atoms with E-state index in [4.69, 9.17) is 0 Å². The average molecular weight is 390 g/mol. The monoisotopic (exact) mass is 390 g/mol. The number of rotatable bonds is 4. The van der Waals surface area contributed by atoms with Gasteiger partial charge in [-0.25, -0.2) is 4.98 Å². The van der Waals surface area contributed by atoms with Crippen molar-refractivity contribution in [2.24, 2.45) is 0 Å². The molecule has 3 heterocycles. The smallest absolute Gasteiger partial charge is 0.355 e. The van der Waals surface area contributed by atoms with Crippen LogP contribution < -0.4 is 10.2 Å². The Morgan fingerprint density at radius 1 is 1.25 bits per heavy atom. The number of hydrogen-bond donors (Lipinski definition) is 1. The second kappa shape index (κ2) is 8.10. The largest absolute Gasteiger partial charge is 0.416 e. The van der Waals surface area contributed by atoms with E-state index in [9.17, 15) is 18.0 Å². The van der Waals surface area contributed by atoms with Crippen molar-refractivity contribution in [1.29, 1.82) is 0 Å². The molecule has 1 aliphatic rings. The van der Waals surface area contributed by atoms with E-state index < -0.39 is 17.5 Å². The highest BCUT2D eigenvalue weighted by molar-refractivity contribution is 6.09. The Bertz CT molecular complexity index is 888. The predicted octanol–water partition coefficient (Wildman–Crippen LogP) is 3.48. The topological polar surface area (TPSA) is 58.1 Å². The number of alkyl halides is 3. The van der Waals surface area contributed by atoms with Gasteiger partial charge in [0, 0.05) is 37.1 Å². The van der Waals surface area contributed by atoms with E-state index in [-0.39, 0.29) is 17.1 Å². The van der Waals surface area contributed by atoms with E-state index in [1.165, 1.54) is 6.08 Å². The number of carbonyl (C=O) groups is 1. The van der Waals surface area contributed by atoms with Gasteiger partial charge in [-0.1, -0.05) is 12.7 Å². The lowest BCUT2D eigenvalue weighted by atomic mass is 10.0. The molecule has 0 amide bonds. The summed E-state index contributed by atoms with van der Waals surface area (Å²) >= 11 is 0. The second-order valence-corrected chi connectivity index (χ2v) is 6.62. The minimum atomic E-state index is -4.58. The fourth-order valence-corrected chi connectivity index (χ4v) is 3.06. The van der Waals surface area contributed by atoms with Crippen LogP contribution in [0.2, 0.25) is 0 Å². The molecule has 0 atom stereocenters. The summed E-state index contributed by atoms with van der Waals surface area (Å²) < 4.78 is 40.4. The molecule has 28 heavy (non-hydrogen) atoms. The summed E-state index contributed by atoms with van der Waals surface area (Å²) in [6.07, 6.45) is -0.717. The van der Waals surface area contributed by atoms with E-state index in [2.05, 4.69) is 21.9 Å². The van der Waals surface area contributed by atoms with Crippen LogP contribution >= 0.6 is 0 Å². The van der Waals surface area contributed by atoms with Crippen LogP contribution in [0.5, 0.6) is 0 Å². The van der Waals surface area contributed by atoms with E-state index in [1.807, 2.05) is 0 Å². The Kier molecular flexibility index (Phi) is 5.79. The molecule has 1 saturated heterocycles. The molecule has 1 aliphatic heterocycles. The molecule has 8 heteroatoms. The van der Waals surface area contributed by atoms with Gasteiger partial charge in [-0.3, -0.25) is 9.78 Å². The van der Waals surface area contributed by atoms with Crippen LogP contribution in [-0.2, 0) is 6.18 Å². The van der Waals surface area contributed by atoms with Gasteiger partial charge >= 0.3 is 6.18 Å². The number of halogens is 3. The first kappa shape index (κ1) is 20.0. The Labute approximate surface area is 161 Å². The number of aromatic nitrogens is 2. The first-order valence-electron chi connectivity index (χ1n) is 8.98. The summed E-state index contributed by atoms with van der Waals surface area (Å²) in [5.41, 5.74) is 0.125. The van der Waals surface area contributed by atoms with Crippen molar-refractivity contribution in [2.45, 2.75) is 19.5 Å². The molecular weight excluding hydrogens is 369 g/mol. The zero-order chi connectivity index (χ0) is 20.3. The van der Waals surface area contributed by atoms with E-state index >= 15 is 0 Å². The highest BCUT2D eigenvalue weighted by Gasteiger charge is 2.33. The average Bonchev–Trinajstić information content (AvgIpc) is 2.96. The number of carbonyl (C=O) groups excluding carboxylic acids is 1. The van der Waals surface area contributed by atoms with Gasteiger partial charge in [0.25, 0.3) is 0 Å². The summed E-state index contributed by atoms with van der Waals surface area (Å²) in [7, 11) is 0. The van der Waals surface area contributed by atoms with Gasteiger partial charge < -0.3 is 10.2 Å². The molecule has 0 radical (unpaired) electrons. The van der Waals surface area contributed by atoms with E-state index in [1.54, 1.807) is 24.1 Å². The molecule has 148 valence electrons. The third-order valence-corrected chi connectivity index (χ3v) is 4.62. The standard InChI is InChI=1S/C20H21F3N4O/c1-3-14-9-16(13(2)25-12-14)19(28)17-10-15(20(21,22)23)11-18(26-17)27-7-4-5-24-6-8-27/h3,9-12,24H,1,4-8H2,2H3. The molecular formula is C20H21F3N4O. The van der Waals surface area contributed by atoms with Crippen LogP contribution in [0.4, 0.5) is 19.0 Å². The number of nitrogens with one attached hydrogen (secondary N) is 1. The normalized spacial score (nSPS) is 15.2. The van der Waals surface area contributed by atoms with Gasteiger partial charge in [0.1, 0.15) is 11.5 Å². The molecule has 1 fully saturated rings. The lowest BCUT2D eigenvalue weighted by Gasteiger charge is -2.23. The van der Waals surface area contributed by atoms with Crippen molar-refractivity contribution in [3.05, 3.63) is 59.1 Å². The summed E-state index contributed by atoms with van der Waals surface area (Å²) in [5.74, 6) is -0.429. The predicted molar refractivity (Wildman–Crippen MR) is 101 cm³/mol. The zero-order valence-corrected chi connectivity index (χ0v) is 15.5. The molecule has 2 aromatic heterocycles. The molecule has 0 spiro atoms. The number of ketones is 1. The Balaban J connectivity index is 2.08. The van der Waals surface area contributed by atoms with Gasteiger partial charge in [-0.2, -0.15) is 13.2 Å². The van der Waals surface area contributed by atoms with E-state index in [0.29, 0.717) is 30.9 Å². The van der Waals surface area contributed by atoms with Crippen molar-refractivity contribution >= 4 is 17.7 Å². The number of anilines is 1. The van der Waals surface area contributed by atoms with Crippen molar-refractivity contribution in [3.63, 3.8) is 0 Å². The number of aryl methyl sites for hydroxylation is 1. The Hall–Kier alpha value is -2.74. The Morgan fingerprint density at radius 3 is 2.75 bits per heavy atom. The summed E-state index contributed by atoms with van der Waals surface area (Å²) in [6.45, 7) is 7.80. The van der Waals surface area contributed by atoms with Crippen molar-refractivity contribution in [1.82, 2.24) is 15.3 Å². The molecule has 0 aliphatic carbocycles. The fraction of sp³-hybridized carbons (Fsp3) is 0.350. The van der Waals surface area contributed by atoms with Gasteiger partial charge in [-0.15, -0.1) is 0 Å². The second-order valence-electron chi connectivity index (χ2n) is 6.62. The van der Waals surface area contributed by atoms with Crippen LogP contribution in [0, 0.1) is 6.92 Å². The molecule has 1 N–H and O–H groups in total. The minimum absolute atomic E-state index is 0.160. The maximum Gasteiger partial charge on any atom is 0.416 e. The summed E-state index contributed by atoms with van der Waals surface area (Å²) in [4.78, 5) is 23.2. The van der Waals surface area contributed by atoms with Crippen LogP contribution in [0.25, 0.3) is 6.08 Å². The number of hydrogen-bond acceptors (Lipinski definition) is 5. The van der Waals surface area contributed by atoms with Crippen molar-refractivity contribution in [3.8, 4) is 0 Å². The third-order valence-electron chi connectivity index (χ3n) is 4.62. The maximum atomic E-state index is 13.5. The number of pyridine rings is 2. The molecule has 0 unspecified atom stereocenters. The molecule has 0 saturated carbocycles. The minimum Gasteiger partial charge on any atom is -0.355 e. The summed E-state index contributed by atoms with van der Waals surface area (Å²) in [6, 6.07) is 3.38. The van der Waals surface area contributed by atoms with Gasteiger partial charge in [0.15, 0.2) is 0 Å². The van der Waals surface area contributed by atoms with Crippen LogP contribution in [0.15, 0.2) is 31.0 Å². The van der Waals surface area contributed by atoms with E-state index in [0.717, 1.165) is 25.1 Å². The summed E-state index contributed by atoms with van der Waals surface area (Å²) in [5, 5.41) is 3.20. The highest BCUT2D eigenvalue weighted by atomic mass is 19.4. The molecule has 0 bridgehead atoms. The zero-order valence-electron chi connectivity index (χ0n) is 15.5. The fourth-order valence-electron chi connectivity index (χ4n) is 3.06. The molecule has 5 nitrogen and oxygen atoms in total. The van der Waals surface area contributed by atoms with Crippen LogP contribution in [0.1, 0.15) is 39.3 Å². The lowest BCUT2D eigenvalue weighted by Crippen LogP contribution is -2.29. The quantitative estimate of drug-likeness (QED) is 0.810. The molecule has 0 aromatic carbocycles. The van der Waals surface area contributed by atoms with Gasteiger partial charge in [-0.05, 0) is 43.7 Å². The first-order chi connectivity index (χ1) is 13.3. The van der Waals surface area contributed by atoms with Crippen molar-refractivity contribution < 1.29 is 18.0 Å². The van der Waals surface area contributed by atoms with Gasteiger partial charge in [0.2, 0.25) is 5.78 Å². The van der Waals surface area contributed by atoms with Gasteiger partial charge in [0.05, 0.1) is 5.56 Å². The highest BCUT2D eigenvalue weighted by Crippen LogP contribution is 2.32. The van der Waals surface area contributed by atoms with Crippen molar-refractivity contribution in [2.75, 3.05) is 31.1 Å². The molecule has 3 rings (SSSR count). The maximum absolute atomic E-state index is 13.5. The third kappa shape index (κ3) is 4.39. The van der Waals surface area contributed by atoms with Crippen LogP contribution in [0.3, 0.4) is 0 Å². The van der Waals surface area contributed by atoms with Crippen LogP contribution in [-0.4, -0.2) is 41.9 Å². The molecule has 2 aromatic rings. The lowest BCUT2D eigenvalue weighted by molar-refractivity contribution is -0.137. The first-order valence-corrected chi connectivity index (χ1v) is 8.98.